The van der Waals surface area contributed by atoms with Crippen LogP contribution in [0.25, 0.3) is 0 Å². The maximum Gasteiger partial charge on any atom is 0.408 e. The van der Waals surface area contributed by atoms with Crippen molar-refractivity contribution in [2.75, 3.05) is 17.7 Å². The molecule has 1 aromatic rings. The summed E-state index contributed by atoms with van der Waals surface area (Å²) in [4.78, 5) is 19.0. The highest BCUT2D eigenvalue weighted by molar-refractivity contribution is 7.90. The molecule has 2 rings (SSSR count). The second kappa shape index (κ2) is 6.36. The fourth-order valence-corrected chi connectivity index (χ4v) is 3.22. The first-order chi connectivity index (χ1) is 10.9. The number of hydrogen-bond donors (Lipinski definition) is 1. The molecule has 24 heavy (non-hydrogen) atoms. The molecule has 0 bridgehead atoms. The van der Waals surface area contributed by atoms with Gasteiger partial charge in [-0.3, -0.25) is 4.79 Å². The Hall–Kier alpha value is -1.62. The summed E-state index contributed by atoms with van der Waals surface area (Å²) in [6.07, 6.45) is -4.43. The van der Waals surface area contributed by atoms with E-state index in [1.54, 1.807) is 0 Å². The molecule has 0 amide bonds. The Balaban J connectivity index is 2.51. The van der Waals surface area contributed by atoms with E-state index in [9.17, 15) is 26.4 Å². The van der Waals surface area contributed by atoms with E-state index in [-0.39, 0.29) is 17.4 Å². The Labute approximate surface area is 140 Å². The molecule has 0 saturated carbocycles. The predicted octanol–water partition coefficient (Wildman–Crippen LogP) is 1.77. The summed E-state index contributed by atoms with van der Waals surface area (Å²) < 4.78 is 62.9. The van der Waals surface area contributed by atoms with E-state index in [0.29, 0.717) is 0 Å². The zero-order valence-corrected chi connectivity index (χ0v) is 13.9. The highest BCUT2D eigenvalue weighted by Crippen LogP contribution is 2.36. The van der Waals surface area contributed by atoms with Crippen LogP contribution in [0.5, 0.6) is 0 Å². The molecule has 1 aromatic heterocycles. The number of aliphatic carboxylic acids is 1. The molecule has 0 spiro atoms. The SMILES string of the molecule is CS(=O)(=O)c1nc(Cl)cc(N2C[C@H](C(=O)O)CC[C@@H]2C(F)(F)F)n1. The smallest absolute Gasteiger partial charge is 0.408 e. The molecule has 7 nitrogen and oxygen atoms in total. The van der Waals surface area contributed by atoms with Gasteiger partial charge in [0.15, 0.2) is 0 Å². The van der Waals surface area contributed by atoms with Crippen molar-refractivity contribution in [1.82, 2.24) is 9.97 Å². The van der Waals surface area contributed by atoms with Gasteiger partial charge in [-0.1, -0.05) is 11.6 Å². The molecule has 2 atom stereocenters. The number of rotatable bonds is 3. The Bertz CT molecular complexity index is 756. The van der Waals surface area contributed by atoms with Gasteiger partial charge in [-0.2, -0.15) is 13.2 Å². The first-order valence-corrected chi connectivity index (χ1v) is 8.97. The fourth-order valence-electron chi connectivity index (χ4n) is 2.46. The highest BCUT2D eigenvalue weighted by atomic mass is 35.5. The molecular weight excluding hydrogens is 375 g/mol. The van der Waals surface area contributed by atoms with E-state index in [0.717, 1.165) is 17.2 Å². The van der Waals surface area contributed by atoms with E-state index in [4.69, 9.17) is 16.7 Å². The molecule has 1 aliphatic heterocycles. The van der Waals surface area contributed by atoms with Crippen molar-refractivity contribution in [3.05, 3.63) is 11.2 Å². The van der Waals surface area contributed by atoms with Gasteiger partial charge in [0.05, 0.1) is 5.92 Å². The van der Waals surface area contributed by atoms with Gasteiger partial charge in [0.2, 0.25) is 15.0 Å². The van der Waals surface area contributed by atoms with Crippen LogP contribution in [-0.4, -0.2) is 54.5 Å². The van der Waals surface area contributed by atoms with E-state index in [1.165, 1.54) is 0 Å². The molecule has 0 aromatic carbocycles. The third-order valence-corrected chi connectivity index (χ3v) is 4.64. The van der Waals surface area contributed by atoms with Gasteiger partial charge < -0.3 is 10.0 Å². The number of carboxylic acids is 1. The van der Waals surface area contributed by atoms with Gasteiger partial charge in [-0.25, -0.2) is 18.4 Å². The molecule has 0 unspecified atom stereocenters. The van der Waals surface area contributed by atoms with Crippen LogP contribution in [0.4, 0.5) is 19.0 Å². The summed E-state index contributed by atoms with van der Waals surface area (Å²) in [5.74, 6) is -2.63. The molecule has 1 fully saturated rings. The lowest BCUT2D eigenvalue weighted by molar-refractivity contribution is -0.159. The Kier molecular flexibility index (Phi) is 4.96. The summed E-state index contributed by atoms with van der Waals surface area (Å²) in [5.41, 5.74) is 0. The first-order valence-electron chi connectivity index (χ1n) is 6.70. The minimum absolute atomic E-state index is 0.145. The molecule has 1 N–H and O–H groups in total. The maximum absolute atomic E-state index is 13.3. The summed E-state index contributed by atoms with van der Waals surface area (Å²) in [5, 5.41) is 8.00. The second-order valence-corrected chi connectivity index (χ2v) is 7.72. The van der Waals surface area contributed by atoms with E-state index >= 15 is 0 Å². The Morgan fingerprint density at radius 2 is 2.00 bits per heavy atom. The number of sulfone groups is 1. The molecule has 0 radical (unpaired) electrons. The monoisotopic (exact) mass is 387 g/mol. The van der Waals surface area contributed by atoms with Crippen LogP contribution in [0.1, 0.15) is 12.8 Å². The number of alkyl halides is 3. The lowest BCUT2D eigenvalue weighted by atomic mass is 9.92. The Morgan fingerprint density at radius 3 is 2.50 bits per heavy atom. The summed E-state index contributed by atoms with van der Waals surface area (Å²) in [6.45, 7) is -0.462. The number of halogens is 4. The average Bonchev–Trinajstić information content (AvgIpc) is 2.44. The highest BCUT2D eigenvalue weighted by Gasteiger charge is 2.48. The van der Waals surface area contributed by atoms with Crippen molar-refractivity contribution in [3.8, 4) is 0 Å². The van der Waals surface area contributed by atoms with Crippen LogP contribution in [0, 0.1) is 5.92 Å². The molecule has 1 aliphatic rings. The van der Waals surface area contributed by atoms with Gasteiger partial charge in [0.1, 0.15) is 17.0 Å². The number of carbonyl (C=O) groups is 1. The molecule has 2 heterocycles. The predicted molar refractivity (Wildman–Crippen MR) is 77.7 cm³/mol. The van der Waals surface area contributed by atoms with Crippen LogP contribution < -0.4 is 4.90 Å². The second-order valence-electron chi connectivity index (χ2n) is 5.43. The van der Waals surface area contributed by atoms with E-state index in [1.807, 2.05) is 0 Å². The van der Waals surface area contributed by atoms with Gasteiger partial charge in [-0.15, -0.1) is 0 Å². The van der Waals surface area contributed by atoms with Crippen LogP contribution in [-0.2, 0) is 14.6 Å². The molecule has 1 saturated heterocycles. The topological polar surface area (TPSA) is 100 Å². The molecule has 0 aliphatic carbocycles. The Morgan fingerprint density at radius 1 is 1.38 bits per heavy atom. The summed E-state index contributed by atoms with van der Waals surface area (Å²) >= 11 is 5.70. The minimum atomic E-state index is -4.63. The first kappa shape index (κ1) is 18.7. The number of carboxylic acid groups (broad SMARTS) is 1. The third-order valence-electron chi connectivity index (χ3n) is 3.60. The molecule has 12 heteroatoms. The van der Waals surface area contributed by atoms with Crippen molar-refractivity contribution >= 4 is 33.2 Å². The largest absolute Gasteiger partial charge is 0.481 e. The van der Waals surface area contributed by atoms with E-state index in [2.05, 4.69) is 9.97 Å². The molecule has 134 valence electrons. The normalized spacial score (nSPS) is 22.5. The van der Waals surface area contributed by atoms with Gasteiger partial charge in [-0.05, 0) is 12.8 Å². The zero-order valence-electron chi connectivity index (χ0n) is 12.3. The number of anilines is 1. The minimum Gasteiger partial charge on any atom is -0.481 e. The van der Waals surface area contributed by atoms with Gasteiger partial charge in [0.25, 0.3) is 0 Å². The van der Waals surface area contributed by atoms with Crippen LogP contribution in [0.15, 0.2) is 11.2 Å². The summed E-state index contributed by atoms with van der Waals surface area (Å²) in [6, 6.07) is -0.995. The quantitative estimate of drug-likeness (QED) is 0.623. The van der Waals surface area contributed by atoms with Crippen molar-refractivity contribution in [1.29, 1.82) is 0 Å². The van der Waals surface area contributed by atoms with E-state index < -0.39 is 52.1 Å². The maximum atomic E-state index is 13.3. The van der Waals surface area contributed by atoms with Crippen molar-refractivity contribution in [3.63, 3.8) is 0 Å². The average molecular weight is 388 g/mol. The van der Waals surface area contributed by atoms with Crippen LogP contribution in [0.3, 0.4) is 0 Å². The van der Waals surface area contributed by atoms with Gasteiger partial charge in [0, 0.05) is 18.9 Å². The number of piperidine rings is 1. The van der Waals surface area contributed by atoms with Crippen LogP contribution in [0.2, 0.25) is 5.15 Å². The van der Waals surface area contributed by atoms with Crippen molar-refractivity contribution in [2.45, 2.75) is 30.2 Å². The number of aromatic nitrogens is 2. The molecular formula is C12H13ClF3N3O4S. The third kappa shape index (κ3) is 4.07. The van der Waals surface area contributed by atoms with Crippen LogP contribution >= 0.6 is 11.6 Å². The number of nitrogens with zero attached hydrogens (tertiary/aromatic N) is 3. The van der Waals surface area contributed by atoms with Crippen molar-refractivity contribution in [2.24, 2.45) is 5.92 Å². The zero-order chi connectivity index (χ0) is 18.3. The van der Waals surface area contributed by atoms with Crippen molar-refractivity contribution < 1.29 is 31.5 Å². The lowest BCUT2D eigenvalue weighted by Crippen LogP contribution is -2.53. The summed E-state index contributed by atoms with van der Waals surface area (Å²) in [7, 11) is -3.90. The van der Waals surface area contributed by atoms with Gasteiger partial charge >= 0.3 is 12.1 Å². The number of hydrogen-bond acceptors (Lipinski definition) is 6. The lowest BCUT2D eigenvalue weighted by Gasteiger charge is -2.39. The fraction of sp³-hybridized carbons (Fsp3) is 0.583. The standard InChI is InChI=1S/C12H13ClF3N3O4S/c1-24(22,23)11-17-8(13)4-9(18-11)19-5-6(10(20)21)2-3-7(19)12(14,15)16/h4,6-7H,2-3,5H2,1H3,(H,20,21)/t6-,7-/m1/s1.